The van der Waals surface area contributed by atoms with Crippen molar-refractivity contribution in [3.05, 3.63) is 18.0 Å². The molecule has 2 rings (SSSR count). The van der Waals surface area contributed by atoms with Gasteiger partial charge in [0.05, 0.1) is 29.7 Å². The Kier molecular flexibility index (Phi) is 3.58. The number of likely N-dealkylation sites (N-methyl/N-ethyl adjacent to an activating group) is 1. The molecule has 0 amide bonds. The summed E-state index contributed by atoms with van der Waals surface area (Å²) in [5.74, 6) is 0. The van der Waals surface area contributed by atoms with Crippen molar-refractivity contribution in [3.8, 4) is 0 Å². The highest BCUT2D eigenvalue weighted by Gasteiger charge is 2.35. The Balaban J connectivity index is 2.33. The van der Waals surface area contributed by atoms with E-state index in [4.69, 9.17) is 10.5 Å². The lowest BCUT2D eigenvalue weighted by atomic mass is 10.1. The van der Waals surface area contributed by atoms with E-state index in [0.29, 0.717) is 12.3 Å². The van der Waals surface area contributed by atoms with Crippen LogP contribution < -0.4 is 10.6 Å². The van der Waals surface area contributed by atoms with Crippen LogP contribution in [0.5, 0.6) is 0 Å². The maximum absolute atomic E-state index is 12.7. The van der Waals surface area contributed by atoms with E-state index in [0.717, 1.165) is 18.7 Å². The van der Waals surface area contributed by atoms with Gasteiger partial charge < -0.3 is 15.4 Å². The van der Waals surface area contributed by atoms with Gasteiger partial charge in [-0.3, -0.25) is 0 Å². The molecule has 1 aromatic heterocycles. The Morgan fingerprint density at radius 1 is 1.47 bits per heavy atom. The fourth-order valence-corrected chi connectivity index (χ4v) is 2.32. The first-order valence-corrected chi connectivity index (χ1v) is 5.98. The van der Waals surface area contributed by atoms with Gasteiger partial charge in [-0.05, 0) is 19.4 Å². The molecule has 0 saturated carbocycles. The number of hydrogen-bond acceptors (Lipinski definition) is 4. The van der Waals surface area contributed by atoms with Crippen LogP contribution in [0.3, 0.4) is 0 Å². The molecule has 1 fully saturated rings. The van der Waals surface area contributed by atoms with Gasteiger partial charge in [0.15, 0.2) is 0 Å². The van der Waals surface area contributed by atoms with Crippen LogP contribution in [0.1, 0.15) is 19.0 Å². The molecule has 0 aromatic carbocycles. The Labute approximate surface area is 109 Å². The van der Waals surface area contributed by atoms with Crippen molar-refractivity contribution in [1.29, 1.82) is 0 Å². The van der Waals surface area contributed by atoms with Crippen LogP contribution in [-0.4, -0.2) is 30.8 Å². The van der Waals surface area contributed by atoms with Crippen molar-refractivity contribution in [2.24, 2.45) is 0 Å². The molecule has 0 radical (unpaired) electrons. The quantitative estimate of drug-likeness (QED) is 0.899. The monoisotopic (exact) mass is 275 g/mol. The van der Waals surface area contributed by atoms with Crippen molar-refractivity contribution < 1.29 is 17.9 Å². The molecule has 0 aliphatic carbocycles. The van der Waals surface area contributed by atoms with Crippen molar-refractivity contribution in [2.45, 2.75) is 31.7 Å². The molecule has 106 valence electrons. The molecule has 1 aromatic rings. The number of rotatable bonds is 2. The number of nitrogens with two attached hydrogens (primary N) is 1. The summed E-state index contributed by atoms with van der Waals surface area (Å²) < 4.78 is 43.4. The van der Waals surface area contributed by atoms with Crippen LogP contribution in [0, 0.1) is 0 Å². The van der Waals surface area contributed by atoms with E-state index in [9.17, 15) is 13.2 Å². The number of nitrogen functional groups attached to an aromatic ring is 1. The lowest BCUT2D eigenvalue weighted by Gasteiger charge is -2.30. The normalized spacial score (nSPS) is 23.6. The molecule has 19 heavy (non-hydrogen) atoms. The van der Waals surface area contributed by atoms with Crippen LogP contribution in [-0.2, 0) is 10.9 Å². The van der Waals surface area contributed by atoms with Gasteiger partial charge in [0.25, 0.3) is 0 Å². The lowest BCUT2D eigenvalue weighted by molar-refractivity contribution is -0.141. The highest BCUT2D eigenvalue weighted by Crippen LogP contribution is 2.34. The first-order chi connectivity index (χ1) is 8.80. The number of nitrogens with zero attached hydrogens (tertiary/aromatic N) is 2. The molecule has 2 atom stereocenters. The third-order valence-electron chi connectivity index (χ3n) is 3.42. The van der Waals surface area contributed by atoms with E-state index < -0.39 is 11.9 Å². The van der Waals surface area contributed by atoms with Crippen LogP contribution in [0.2, 0.25) is 0 Å². The number of aromatic nitrogens is 1. The first kappa shape index (κ1) is 13.9. The second-order valence-electron chi connectivity index (χ2n) is 4.67. The molecule has 1 aliphatic heterocycles. The van der Waals surface area contributed by atoms with Gasteiger partial charge in [0.2, 0.25) is 0 Å². The van der Waals surface area contributed by atoms with Crippen molar-refractivity contribution in [3.63, 3.8) is 0 Å². The third kappa shape index (κ3) is 2.75. The lowest BCUT2D eigenvalue weighted by Crippen LogP contribution is -2.37. The van der Waals surface area contributed by atoms with E-state index >= 15 is 0 Å². The number of alkyl halides is 3. The number of hydrogen-bond donors (Lipinski definition) is 1. The second kappa shape index (κ2) is 4.88. The van der Waals surface area contributed by atoms with Crippen LogP contribution in [0.4, 0.5) is 24.5 Å². The predicted molar refractivity (Wildman–Crippen MR) is 65.9 cm³/mol. The highest BCUT2D eigenvalue weighted by molar-refractivity contribution is 5.67. The SMILES string of the molecule is CC1OCCC1N(C)c1cc(C(F)(F)F)ncc1N. The average molecular weight is 275 g/mol. The fraction of sp³-hybridized carbons (Fsp3) is 0.583. The number of halogens is 3. The standard InChI is InChI=1S/C12H16F3N3O/c1-7-9(3-4-19-7)18(2)10-5-11(12(13,14)15)17-6-8(10)16/h5-7,9H,3-4,16H2,1-2H3. The Hall–Kier alpha value is -1.50. The Morgan fingerprint density at radius 2 is 2.16 bits per heavy atom. The summed E-state index contributed by atoms with van der Waals surface area (Å²) >= 11 is 0. The molecular formula is C12H16F3N3O. The van der Waals surface area contributed by atoms with Gasteiger partial charge in [0, 0.05) is 13.7 Å². The molecule has 2 N–H and O–H groups in total. The summed E-state index contributed by atoms with van der Waals surface area (Å²) in [4.78, 5) is 5.07. The maximum Gasteiger partial charge on any atom is 0.433 e. The van der Waals surface area contributed by atoms with Gasteiger partial charge >= 0.3 is 6.18 Å². The predicted octanol–water partition coefficient (Wildman–Crippen LogP) is 2.30. The van der Waals surface area contributed by atoms with Crippen LogP contribution >= 0.6 is 0 Å². The summed E-state index contributed by atoms with van der Waals surface area (Å²) in [5, 5.41) is 0. The van der Waals surface area contributed by atoms with Gasteiger partial charge in [0.1, 0.15) is 5.69 Å². The Morgan fingerprint density at radius 3 is 2.68 bits per heavy atom. The fourth-order valence-electron chi connectivity index (χ4n) is 2.32. The minimum atomic E-state index is -4.47. The molecule has 0 bridgehead atoms. The maximum atomic E-state index is 12.7. The minimum absolute atomic E-state index is 0.0192. The van der Waals surface area contributed by atoms with E-state index in [1.165, 1.54) is 0 Å². The topological polar surface area (TPSA) is 51.4 Å². The van der Waals surface area contributed by atoms with Crippen LogP contribution in [0.15, 0.2) is 12.3 Å². The number of anilines is 2. The zero-order valence-electron chi connectivity index (χ0n) is 10.7. The van der Waals surface area contributed by atoms with Gasteiger partial charge in [-0.1, -0.05) is 0 Å². The zero-order valence-corrected chi connectivity index (χ0v) is 10.7. The van der Waals surface area contributed by atoms with Crippen molar-refractivity contribution in [2.75, 3.05) is 24.3 Å². The molecule has 0 spiro atoms. The van der Waals surface area contributed by atoms with E-state index in [2.05, 4.69) is 4.98 Å². The van der Waals surface area contributed by atoms with Gasteiger partial charge in [-0.2, -0.15) is 13.2 Å². The molecule has 1 saturated heterocycles. The third-order valence-corrected chi connectivity index (χ3v) is 3.42. The van der Waals surface area contributed by atoms with Gasteiger partial charge in [-0.25, -0.2) is 4.98 Å². The molecule has 1 aliphatic rings. The summed E-state index contributed by atoms with van der Waals surface area (Å²) in [6, 6.07) is 1.01. The molecule has 2 unspecified atom stereocenters. The summed E-state index contributed by atoms with van der Waals surface area (Å²) in [5.41, 5.74) is 5.37. The summed E-state index contributed by atoms with van der Waals surface area (Å²) in [7, 11) is 1.72. The van der Waals surface area contributed by atoms with Crippen molar-refractivity contribution in [1.82, 2.24) is 4.98 Å². The average Bonchev–Trinajstić information content (AvgIpc) is 2.73. The zero-order chi connectivity index (χ0) is 14.2. The molecule has 4 nitrogen and oxygen atoms in total. The van der Waals surface area contributed by atoms with E-state index in [-0.39, 0.29) is 17.8 Å². The first-order valence-electron chi connectivity index (χ1n) is 5.98. The summed E-state index contributed by atoms with van der Waals surface area (Å²) in [6.45, 7) is 2.50. The smallest absolute Gasteiger partial charge is 0.396 e. The second-order valence-corrected chi connectivity index (χ2v) is 4.67. The van der Waals surface area contributed by atoms with Crippen LogP contribution in [0.25, 0.3) is 0 Å². The Bertz CT molecular complexity index is 464. The number of pyridine rings is 1. The van der Waals surface area contributed by atoms with E-state index in [1.54, 1.807) is 11.9 Å². The molecule has 7 heteroatoms. The van der Waals surface area contributed by atoms with E-state index in [1.807, 2.05) is 6.92 Å². The van der Waals surface area contributed by atoms with Crippen molar-refractivity contribution >= 4 is 11.4 Å². The minimum Gasteiger partial charge on any atom is -0.396 e. The van der Waals surface area contributed by atoms with Gasteiger partial charge in [-0.15, -0.1) is 0 Å². The summed E-state index contributed by atoms with van der Waals surface area (Å²) in [6.07, 6.45) is -2.69. The highest BCUT2D eigenvalue weighted by atomic mass is 19.4. The molecule has 2 heterocycles. The largest absolute Gasteiger partial charge is 0.433 e. The molecular weight excluding hydrogens is 259 g/mol. The number of ether oxygens (including phenoxy) is 1.